The monoisotopic (exact) mass is 304 g/mol. The summed E-state index contributed by atoms with van der Waals surface area (Å²) in [5.41, 5.74) is 0.645. The van der Waals surface area contributed by atoms with Crippen LogP contribution in [-0.4, -0.2) is 35.7 Å². The number of hydrogen-bond donors (Lipinski definition) is 0. The second-order valence-electron chi connectivity index (χ2n) is 5.72. The Morgan fingerprint density at radius 1 is 1.41 bits per heavy atom. The van der Waals surface area contributed by atoms with Gasteiger partial charge in [0.1, 0.15) is 12.3 Å². The first-order valence-corrected chi connectivity index (χ1v) is 7.57. The number of likely N-dealkylation sites (tertiary alicyclic amines) is 1. The SMILES string of the molecule is CC1CCN(C(=O)COCc2cc(-c3ccco3)on2)CC1. The topological polar surface area (TPSA) is 68.7 Å². The molecule has 3 rings (SSSR count). The Bertz CT molecular complexity index is 597. The summed E-state index contributed by atoms with van der Waals surface area (Å²) in [7, 11) is 0. The average Bonchev–Trinajstić information content (AvgIpc) is 3.19. The third kappa shape index (κ3) is 3.57. The Morgan fingerprint density at radius 2 is 2.23 bits per heavy atom. The number of furan rings is 1. The van der Waals surface area contributed by atoms with Crippen LogP contribution >= 0.6 is 0 Å². The summed E-state index contributed by atoms with van der Waals surface area (Å²) in [6, 6.07) is 5.34. The summed E-state index contributed by atoms with van der Waals surface area (Å²) in [4.78, 5) is 13.9. The quantitative estimate of drug-likeness (QED) is 0.849. The molecular formula is C16H20N2O4. The van der Waals surface area contributed by atoms with Crippen molar-refractivity contribution in [3.63, 3.8) is 0 Å². The minimum Gasteiger partial charge on any atom is -0.461 e. The number of rotatable bonds is 5. The highest BCUT2D eigenvalue weighted by molar-refractivity contribution is 5.77. The molecule has 118 valence electrons. The molecule has 1 aliphatic heterocycles. The van der Waals surface area contributed by atoms with Gasteiger partial charge in [0, 0.05) is 19.2 Å². The van der Waals surface area contributed by atoms with Gasteiger partial charge >= 0.3 is 0 Å². The molecule has 2 aromatic rings. The highest BCUT2D eigenvalue weighted by atomic mass is 16.5. The molecular weight excluding hydrogens is 284 g/mol. The van der Waals surface area contributed by atoms with Crippen molar-refractivity contribution in [2.45, 2.75) is 26.4 Å². The molecule has 0 spiro atoms. The number of carbonyl (C=O) groups is 1. The van der Waals surface area contributed by atoms with Gasteiger partial charge in [-0.15, -0.1) is 0 Å². The Hall–Kier alpha value is -2.08. The maximum absolute atomic E-state index is 12.0. The van der Waals surface area contributed by atoms with Gasteiger partial charge in [0.15, 0.2) is 5.76 Å². The van der Waals surface area contributed by atoms with Gasteiger partial charge in [-0.3, -0.25) is 4.79 Å². The largest absolute Gasteiger partial charge is 0.461 e. The van der Waals surface area contributed by atoms with E-state index < -0.39 is 0 Å². The summed E-state index contributed by atoms with van der Waals surface area (Å²) < 4.78 is 15.9. The lowest BCUT2D eigenvalue weighted by molar-refractivity contribution is -0.137. The van der Waals surface area contributed by atoms with E-state index in [4.69, 9.17) is 13.7 Å². The molecule has 1 fully saturated rings. The average molecular weight is 304 g/mol. The van der Waals surface area contributed by atoms with Crippen molar-refractivity contribution < 1.29 is 18.5 Å². The van der Waals surface area contributed by atoms with E-state index >= 15 is 0 Å². The molecule has 0 bridgehead atoms. The van der Waals surface area contributed by atoms with E-state index in [1.807, 2.05) is 4.90 Å². The van der Waals surface area contributed by atoms with E-state index in [1.54, 1.807) is 24.5 Å². The second-order valence-corrected chi connectivity index (χ2v) is 5.72. The van der Waals surface area contributed by atoms with Crippen molar-refractivity contribution in [3.8, 4) is 11.5 Å². The van der Waals surface area contributed by atoms with E-state index in [9.17, 15) is 4.79 Å². The molecule has 3 heterocycles. The van der Waals surface area contributed by atoms with Gasteiger partial charge in [-0.2, -0.15) is 0 Å². The third-order valence-electron chi connectivity index (χ3n) is 3.93. The van der Waals surface area contributed by atoms with Gasteiger partial charge in [-0.25, -0.2) is 0 Å². The summed E-state index contributed by atoms with van der Waals surface area (Å²) in [6.07, 6.45) is 3.72. The lowest BCUT2D eigenvalue weighted by atomic mass is 9.99. The minimum atomic E-state index is 0.0432. The van der Waals surface area contributed by atoms with E-state index in [0.29, 0.717) is 23.1 Å². The van der Waals surface area contributed by atoms with Crippen LogP contribution in [0.3, 0.4) is 0 Å². The van der Waals surface area contributed by atoms with Crippen LogP contribution in [-0.2, 0) is 16.1 Å². The maximum atomic E-state index is 12.0. The molecule has 1 aliphatic rings. The predicted molar refractivity (Wildman–Crippen MR) is 78.8 cm³/mol. The first-order valence-electron chi connectivity index (χ1n) is 7.57. The number of ether oxygens (including phenoxy) is 1. The van der Waals surface area contributed by atoms with Gasteiger partial charge in [0.25, 0.3) is 0 Å². The van der Waals surface area contributed by atoms with Gasteiger partial charge in [0.05, 0.1) is 12.9 Å². The smallest absolute Gasteiger partial charge is 0.248 e. The molecule has 1 saturated heterocycles. The maximum Gasteiger partial charge on any atom is 0.248 e. The Labute approximate surface area is 129 Å². The lowest BCUT2D eigenvalue weighted by Gasteiger charge is -2.30. The van der Waals surface area contributed by atoms with Crippen molar-refractivity contribution >= 4 is 5.91 Å². The van der Waals surface area contributed by atoms with Crippen molar-refractivity contribution in [2.75, 3.05) is 19.7 Å². The Balaban J connectivity index is 1.44. The standard InChI is InChI=1S/C16H20N2O4/c1-12-4-6-18(7-5-12)16(19)11-20-10-13-9-15(22-17-13)14-3-2-8-21-14/h2-3,8-9,12H,4-7,10-11H2,1H3. The molecule has 0 aliphatic carbocycles. The summed E-state index contributed by atoms with van der Waals surface area (Å²) in [5, 5.41) is 3.91. The lowest BCUT2D eigenvalue weighted by Crippen LogP contribution is -2.39. The molecule has 0 aromatic carbocycles. The predicted octanol–water partition coefficient (Wildman–Crippen LogP) is 2.71. The van der Waals surface area contributed by atoms with Crippen LogP contribution in [0.1, 0.15) is 25.5 Å². The number of nitrogens with zero attached hydrogens (tertiary/aromatic N) is 2. The van der Waals surface area contributed by atoms with Crippen LogP contribution in [0.5, 0.6) is 0 Å². The second kappa shape index (κ2) is 6.79. The molecule has 2 aromatic heterocycles. The van der Waals surface area contributed by atoms with Crippen LogP contribution in [0.4, 0.5) is 0 Å². The Morgan fingerprint density at radius 3 is 2.95 bits per heavy atom. The van der Waals surface area contributed by atoms with Crippen molar-refractivity contribution in [1.29, 1.82) is 0 Å². The summed E-state index contributed by atoms with van der Waals surface area (Å²) in [6.45, 7) is 4.21. The third-order valence-corrected chi connectivity index (χ3v) is 3.93. The van der Waals surface area contributed by atoms with Gasteiger partial charge in [0.2, 0.25) is 11.7 Å². The number of carbonyl (C=O) groups excluding carboxylic acids is 1. The fourth-order valence-electron chi connectivity index (χ4n) is 2.51. The van der Waals surface area contributed by atoms with Crippen LogP contribution in [0, 0.1) is 5.92 Å². The molecule has 0 unspecified atom stereocenters. The number of hydrogen-bond acceptors (Lipinski definition) is 5. The van der Waals surface area contributed by atoms with Gasteiger partial charge in [-0.05, 0) is 30.9 Å². The molecule has 6 nitrogen and oxygen atoms in total. The van der Waals surface area contributed by atoms with E-state index in [-0.39, 0.29) is 19.1 Å². The summed E-state index contributed by atoms with van der Waals surface area (Å²) >= 11 is 0. The van der Waals surface area contributed by atoms with Crippen LogP contribution in [0.15, 0.2) is 33.4 Å². The zero-order valence-electron chi connectivity index (χ0n) is 12.7. The molecule has 0 atom stereocenters. The first-order chi connectivity index (χ1) is 10.7. The van der Waals surface area contributed by atoms with E-state index in [1.165, 1.54) is 0 Å². The zero-order chi connectivity index (χ0) is 15.4. The van der Waals surface area contributed by atoms with Crippen LogP contribution < -0.4 is 0 Å². The van der Waals surface area contributed by atoms with Crippen molar-refractivity contribution in [1.82, 2.24) is 10.1 Å². The van der Waals surface area contributed by atoms with E-state index in [0.717, 1.165) is 25.9 Å². The van der Waals surface area contributed by atoms with Gasteiger partial charge < -0.3 is 18.6 Å². The molecule has 0 N–H and O–H groups in total. The molecule has 0 saturated carbocycles. The molecule has 1 amide bonds. The molecule has 22 heavy (non-hydrogen) atoms. The fourth-order valence-corrected chi connectivity index (χ4v) is 2.51. The number of piperidine rings is 1. The number of amides is 1. The number of aromatic nitrogens is 1. The van der Waals surface area contributed by atoms with Crippen molar-refractivity contribution in [2.24, 2.45) is 5.92 Å². The highest BCUT2D eigenvalue weighted by Crippen LogP contribution is 2.21. The fraction of sp³-hybridized carbons (Fsp3) is 0.500. The van der Waals surface area contributed by atoms with Gasteiger partial charge in [-0.1, -0.05) is 12.1 Å². The zero-order valence-corrected chi connectivity index (χ0v) is 12.7. The van der Waals surface area contributed by atoms with Crippen molar-refractivity contribution in [3.05, 3.63) is 30.2 Å². The first kappa shape index (κ1) is 14.8. The normalized spacial score (nSPS) is 16.1. The molecule has 0 radical (unpaired) electrons. The Kier molecular flexibility index (Phi) is 4.58. The van der Waals surface area contributed by atoms with Crippen LogP contribution in [0.25, 0.3) is 11.5 Å². The van der Waals surface area contributed by atoms with E-state index in [2.05, 4.69) is 12.1 Å². The van der Waals surface area contributed by atoms with Crippen LogP contribution in [0.2, 0.25) is 0 Å². The molecule has 6 heteroatoms. The highest BCUT2D eigenvalue weighted by Gasteiger charge is 2.20. The minimum absolute atomic E-state index is 0.0432. The summed E-state index contributed by atoms with van der Waals surface area (Å²) in [5.74, 6) is 1.93.